The molecule has 4 rings (SSSR count). The van der Waals surface area contributed by atoms with Gasteiger partial charge in [0.15, 0.2) is 5.17 Å². The number of benzene rings is 2. The summed E-state index contributed by atoms with van der Waals surface area (Å²) in [6.45, 7) is 3.14. The number of aryl methyl sites for hydroxylation is 1. The molecule has 2 saturated heterocycles. The number of amidine groups is 1. The highest BCUT2D eigenvalue weighted by atomic mass is 35.5. The van der Waals surface area contributed by atoms with Crippen LogP contribution in [0.2, 0.25) is 5.02 Å². The third-order valence-corrected chi connectivity index (χ3v) is 7.04. The van der Waals surface area contributed by atoms with Crippen LogP contribution in [-0.4, -0.2) is 53.5 Å². The van der Waals surface area contributed by atoms with Gasteiger partial charge in [-0.1, -0.05) is 41.6 Å². The molecule has 0 aromatic heterocycles. The van der Waals surface area contributed by atoms with Gasteiger partial charge in [0.25, 0.3) is 0 Å². The quantitative estimate of drug-likeness (QED) is 0.607. The third-order valence-electron chi connectivity index (χ3n) is 5.57. The number of anilines is 1. The smallest absolute Gasteiger partial charge is 0.242 e. The topological polar surface area (TPSA) is 80.2 Å². The van der Waals surface area contributed by atoms with Crippen molar-refractivity contribution in [1.29, 1.82) is 0 Å². The fraction of sp³-hybridized carbons (Fsp3) is 0.375. The normalized spacial score (nSPS) is 21.6. The highest BCUT2D eigenvalue weighted by molar-refractivity contribution is 8.15. The van der Waals surface area contributed by atoms with Crippen LogP contribution in [0.15, 0.2) is 47.5 Å². The SMILES string of the molecule is COc1ccc(NC(=O)CC2SC(=Nc3ccccc3C)N(CC3CCCO3)C2=O)cc1Cl. The number of methoxy groups -OCH3 is 1. The molecule has 2 heterocycles. The molecule has 0 radical (unpaired) electrons. The van der Waals surface area contributed by atoms with Gasteiger partial charge in [-0.2, -0.15) is 0 Å². The van der Waals surface area contributed by atoms with E-state index < -0.39 is 5.25 Å². The summed E-state index contributed by atoms with van der Waals surface area (Å²) < 4.78 is 10.9. The number of ether oxygens (including phenoxy) is 2. The number of para-hydroxylation sites is 1. The molecule has 0 spiro atoms. The molecular weight excluding hydrogens is 462 g/mol. The Labute approximate surface area is 202 Å². The van der Waals surface area contributed by atoms with Gasteiger partial charge in [-0.25, -0.2) is 4.99 Å². The zero-order chi connectivity index (χ0) is 23.4. The summed E-state index contributed by atoms with van der Waals surface area (Å²) in [4.78, 5) is 32.4. The van der Waals surface area contributed by atoms with Crippen LogP contribution >= 0.6 is 23.4 Å². The van der Waals surface area contributed by atoms with Crippen molar-refractivity contribution in [2.24, 2.45) is 4.99 Å². The summed E-state index contributed by atoms with van der Waals surface area (Å²) >= 11 is 7.47. The monoisotopic (exact) mass is 487 g/mol. The molecule has 2 fully saturated rings. The van der Waals surface area contributed by atoms with E-state index in [-0.39, 0.29) is 24.3 Å². The van der Waals surface area contributed by atoms with E-state index in [0.717, 1.165) is 24.1 Å². The lowest BCUT2D eigenvalue weighted by Crippen LogP contribution is -2.38. The number of carbonyl (C=O) groups excluding carboxylic acids is 2. The van der Waals surface area contributed by atoms with Gasteiger partial charge >= 0.3 is 0 Å². The number of nitrogens with one attached hydrogen (secondary N) is 1. The first kappa shape index (κ1) is 23.6. The van der Waals surface area contributed by atoms with E-state index in [1.54, 1.807) is 23.1 Å². The summed E-state index contributed by atoms with van der Waals surface area (Å²) in [6.07, 6.45) is 1.92. The highest BCUT2D eigenvalue weighted by Crippen LogP contribution is 2.34. The average Bonchev–Trinajstić information content (AvgIpc) is 3.40. The van der Waals surface area contributed by atoms with Crippen LogP contribution in [0.1, 0.15) is 24.8 Å². The number of hydrogen-bond acceptors (Lipinski definition) is 6. The molecule has 2 aliphatic heterocycles. The van der Waals surface area contributed by atoms with Crippen molar-refractivity contribution in [2.45, 2.75) is 37.5 Å². The van der Waals surface area contributed by atoms with E-state index in [1.807, 2.05) is 31.2 Å². The summed E-state index contributed by atoms with van der Waals surface area (Å²) in [7, 11) is 1.53. The van der Waals surface area contributed by atoms with Crippen LogP contribution in [0.3, 0.4) is 0 Å². The first-order valence-corrected chi connectivity index (χ1v) is 12.1. The van der Waals surface area contributed by atoms with E-state index in [2.05, 4.69) is 5.32 Å². The predicted molar refractivity (Wildman–Crippen MR) is 132 cm³/mol. The Morgan fingerprint density at radius 1 is 1.33 bits per heavy atom. The molecule has 1 N–H and O–H groups in total. The van der Waals surface area contributed by atoms with Crippen LogP contribution in [0.4, 0.5) is 11.4 Å². The Morgan fingerprint density at radius 3 is 2.85 bits per heavy atom. The summed E-state index contributed by atoms with van der Waals surface area (Å²) in [5, 5.41) is 3.27. The maximum absolute atomic E-state index is 13.3. The Bertz CT molecular complexity index is 1070. The Hall–Kier alpha value is -2.55. The number of amides is 2. The minimum Gasteiger partial charge on any atom is -0.495 e. The average molecular weight is 488 g/mol. The van der Waals surface area contributed by atoms with Gasteiger partial charge in [0.2, 0.25) is 11.8 Å². The third kappa shape index (κ3) is 5.69. The van der Waals surface area contributed by atoms with Crippen molar-refractivity contribution in [2.75, 3.05) is 25.6 Å². The molecule has 0 bridgehead atoms. The van der Waals surface area contributed by atoms with Crippen molar-refractivity contribution in [3.8, 4) is 5.75 Å². The molecule has 2 unspecified atom stereocenters. The Kier molecular flexibility index (Phi) is 7.57. The van der Waals surface area contributed by atoms with Gasteiger partial charge in [-0.05, 0) is 49.6 Å². The molecule has 9 heteroatoms. The Balaban J connectivity index is 1.49. The number of carbonyl (C=O) groups is 2. The van der Waals surface area contributed by atoms with Crippen LogP contribution in [0.25, 0.3) is 0 Å². The number of aliphatic imine (C=N–C) groups is 1. The first-order valence-electron chi connectivity index (χ1n) is 10.8. The minimum atomic E-state index is -0.553. The first-order chi connectivity index (χ1) is 15.9. The van der Waals surface area contributed by atoms with E-state index in [1.165, 1.54) is 18.9 Å². The molecule has 0 saturated carbocycles. The zero-order valence-corrected chi connectivity index (χ0v) is 20.1. The molecule has 2 atom stereocenters. The summed E-state index contributed by atoms with van der Waals surface area (Å²) in [5.74, 6) is 0.139. The lowest BCUT2D eigenvalue weighted by molar-refractivity contribution is -0.129. The molecule has 7 nitrogen and oxygen atoms in total. The second kappa shape index (κ2) is 10.6. The van der Waals surface area contributed by atoms with E-state index in [0.29, 0.717) is 34.8 Å². The van der Waals surface area contributed by atoms with Crippen molar-refractivity contribution in [3.05, 3.63) is 53.1 Å². The second-order valence-electron chi connectivity index (χ2n) is 7.97. The van der Waals surface area contributed by atoms with Gasteiger partial charge in [0.05, 0.1) is 30.5 Å². The summed E-state index contributed by atoms with van der Waals surface area (Å²) in [6, 6.07) is 12.8. The molecular formula is C24H26ClN3O4S. The van der Waals surface area contributed by atoms with E-state index in [9.17, 15) is 9.59 Å². The number of rotatable bonds is 7. The number of hydrogen-bond donors (Lipinski definition) is 1. The van der Waals surface area contributed by atoms with Crippen LogP contribution in [-0.2, 0) is 14.3 Å². The van der Waals surface area contributed by atoms with Gasteiger partial charge < -0.3 is 14.8 Å². The fourth-order valence-electron chi connectivity index (χ4n) is 3.80. The number of halogens is 1. The molecule has 2 aliphatic rings. The molecule has 174 valence electrons. The fourth-order valence-corrected chi connectivity index (χ4v) is 5.22. The van der Waals surface area contributed by atoms with Gasteiger partial charge in [-0.3, -0.25) is 14.5 Å². The lowest BCUT2D eigenvalue weighted by Gasteiger charge is -2.20. The molecule has 2 aromatic rings. The van der Waals surface area contributed by atoms with Crippen molar-refractivity contribution < 1.29 is 19.1 Å². The molecule has 33 heavy (non-hydrogen) atoms. The highest BCUT2D eigenvalue weighted by Gasteiger charge is 2.40. The largest absolute Gasteiger partial charge is 0.495 e. The van der Waals surface area contributed by atoms with E-state index >= 15 is 0 Å². The van der Waals surface area contributed by atoms with Crippen molar-refractivity contribution in [1.82, 2.24) is 4.90 Å². The summed E-state index contributed by atoms with van der Waals surface area (Å²) in [5.41, 5.74) is 2.38. The predicted octanol–water partition coefficient (Wildman–Crippen LogP) is 4.80. The van der Waals surface area contributed by atoms with Gasteiger partial charge in [0, 0.05) is 18.7 Å². The standard InChI is InChI=1S/C24H26ClN3O4S/c1-15-6-3-4-8-19(15)27-24-28(14-17-7-5-11-32-17)23(30)21(33-24)13-22(29)26-16-9-10-20(31-2)18(25)12-16/h3-4,6,8-10,12,17,21H,5,7,11,13-14H2,1-2H3,(H,26,29). The minimum absolute atomic E-state index is 0.00867. The second-order valence-corrected chi connectivity index (χ2v) is 9.55. The zero-order valence-electron chi connectivity index (χ0n) is 18.5. The van der Waals surface area contributed by atoms with Gasteiger partial charge in [-0.15, -0.1) is 0 Å². The maximum Gasteiger partial charge on any atom is 0.242 e. The Morgan fingerprint density at radius 2 is 2.15 bits per heavy atom. The van der Waals surface area contributed by atoms with Crippen molar-refractivity contribution in [3.63, 3.8) is 0 Å². The number of nitrogens with zero attached hydrogens (tertiary/aromatic N) is 2. The van der Waals surface area contributed by atoms with Crippen LogP contribution in [0.5, 0.6) is 5.75 Å². The molecule has 2 aromatic carbocycles. The maximum atomic E-state index is 13.3. The molecule has 2 amide bonds. The number of thioether (sulfide) groups is 1. The van der Waals surface area contributed by atoms with Crippen LogP contribution in [0, 0.1) is 6.92 Å². The van der Waals surface area contributed by atoms with Gasteiger partial charge in [0.1, 0.15) is 11.0 Å². The van der Waals surface area contributed by atoms with Crippen molar-refractivity contribution >= 4 is 51.7 Å². The molecule has 0 aliphatic carbocycles. The van der Waals surface area contributed by atoms with Crippen LogP contribution < -0.4 is 10.1 Å². The van der Waals surface area contributed by atoms with E-state index in [4.69, 9.17) is 26.1 Å². The lowest BCUT2D eigenvalue weighted by atomic mass is 10.2.